The molecule has 256 valence electrons. The summed E-state index contributed by atoms with van der Waals surface area (Å²) in [6, 6.07) is 0. The molecule has 0 unspecified atom stereocenters. The SMILES string of the molecule is Cc1c(C)c(C(C)(C)c2c(C)c(C)c(-n3nc4c(C)c(C)c(C)c(C)c4n3)c(C)c2C)c(C)c(C)c1-n1nc2c(C)c(C)c(C)c(C)c2n1. The van der Waals surface area contributed by atoms with Gasteiger partial charge in [0.25, 0.3) is 0 Å². The minimum Gasteiger partial charge on any atom is -0.150 e. The highest BCUT2D eigenvalue weighted by Gasteiger charge is 2.35. The summed E-state index contributed by atoms with van der Waals surface area (Å²) in [7, 11) is 0. The Kier molecular flexibility index (Phi) is 8.01. The van der Waals surface area contributed by atoms with Gasteiger partial charge in [0, 0.05) is 5.41 Å². The average Bonchev–Trinajstić information content (AvgIpc) is 3.69. The lowest BCUT2D eigenvalue weighted by molar-refractivity contribution is 0.614. The maximum atomic E-state index is 5.12. The second kappa shape index (κ2) is 11.4. The Morgan fingerprint density at radius 1 is 0.286 bits per heavy atom. The molecule has 2 heterocycles. The Hall–Kier alpha value is -4.32. The summed E-state index contributed by atoms with van der Waals surface area (Å²) in [4.78, 5) is 3.80. The molecule has 0 atom stereocenters. The molecule has 0 aliphatic carbocycles. The van der Waals surface area contributed by atoms with Crippen LogP contribution in [-0.4, -0.2) is 30.0 Å². The van der Waals surface area contributed by atoms with E-state index in [4.69, 9.17) is 20.4 Å². The maximum Gasteiger partial charge on any atom is 0.117 e. The number of hydrogen-bond acceptors (Lipinski definition) is 4. The van der Waals surface area contributed by atoms with Gasteiger partial charge in [-0.25, -0.2) is 0 Å². The van der Waals surface area contributed by atoms with E-state index in [1.54, 1.807) is 0 Å². The normalized spacial score (nSPS) is 12.3. The van der Waals surface area contributed by atoms with E-state index >= 15 is 0 Å². The second-order valence-electron chi connectivity index (χ2n) is 15.4. The van der Waals surface area contributed by atoms with E-state index in [2.05, 4.69) is 125 Å². The molecule has 0 aliphatic rings. The quantitative estimate of drug-likeness (QED) is 0.190. The first-order chi connectivity index (χ1) is 22.7. The van der Waals surface area contributed by atoms with Crippen LogP contribution in [0, 0.1) is 111 Å². The zero-order valence-electron chi connectivity index (χ0n) is 33.2. The fourth-order valence-corrected chi connectivity index (χ4v) is 8.84. The first kappa shape index (κ1) is 34.5. The molecule has 0 radical (unpaired) electrons. The minimum absolute atomic E-state index is 0.266. The number of nitrogens with zero attached hydrogens (tertiary/aromatic N) is 6. The van der Waals surface area contributed by atoms with E-state index in [-0.39, 0.29) is 5.41 Å². The van der Waals surface area contributed by atoms with Crippen LogP contribution in [0.25, 0.3) is 33.4 Å². The molecular weight excluding hydrogens is 601 g/mol. The van der Waals surface area contributed by atoms with Crippen molar-refractivity contribution in [3.05, 3.63) is 100 Å². The predicted molar refractivity (Wildman–Crippen MR) is 206 cm³/mol. The van der Waals surface area contributed by atoms with Crippen LogP contribution in [0.2, 0.25) is 0 Å². The van der Waals surface area contributed by atoms with Crippen molar-refractivity contribution < 1.29 is 0 Å². The molecule has 0 saturated carbocycles. The molecule has 0 saturated heterocycles. The Balaban J connectivity index is 1.55. The van der Waals surface area contributed by atoms with E-state index < -0.39 is 0 Å². The van der Waals surface area contributed by atoms with Crippen molar-refractivity contribution in [1.82, 2.24) is 30.0 Å². The third-order valence-electron chi connectivity index (χ3n) is 12.8. The second-order valence-corrected chi connectivity index (χ2v) is 15.4. The molecule has 49 heavy (non-hydrogen) atoms. The Labute approximate surface area is 292 Å². The molecule has 6 rings (SSSR count). The summed E-state index contributed by atoms with van der Waals surface area (Å²) >= 11 is 0. The molecule has 6 heteroatoms. The van der Waals surface area contributed by atoms with Crippen LogP contribution >= 0.6 is 0 Å². The Morgan fingerprint density at radius 2 is 0.490 bits per heavy atom. The van der Waals surface area contributed by atoms with Crippen molar-refractivity contribution in [2.24, 2.45) is 0 Å². The van der Waals surface area contributed by atoms with Crippen LogP contribution < -0.4 is 0 Å². The van der Waals surface area contributed by atoms with Gasteiger partial charge in [-0.1, -0.05) is 13.8 Å². The van der Waals surface area contributed by atoms with E-state index in [0.717, 1.165) is 33.4 Å². The molecule has 0 N–H and O–H groups in total. The number of benzene rings is 4. The molecule has 0 aliphatic heterocycles. The molecule has 0 fully saturated rings. The van der Waals surface area contributed by atoms with Crippen LogP contribution in [-0.2, 0) is 5.41 Å². The molecule has 0 amide bonds. The summed E-state index contributed by atoms with van der Waals surface area (Å²) in [5.41, 5.74) is 28.7. The zero-order valence-corrected chi connectivity index (χ0v) is 33.2. The number of fused-ring (bicyclic) bond motifs is 2. The lowest BCUT2D eigenvalue weighted by Gasteiger charge is -2.36. The van der Waals surface area contributed by atoms with Crippen LogP contribution in [0.5, 0.6) is 0 Å². The van der Waals surface area contributed by atoms with Gasteiger partial charge in [0.05, 0.1) is 11.4 Å². The highest BCUT2D eigenvalue weighted by molar-refractivity contribution is 5.85. The van der Waals surface area contributed by atoms with Crippen molar-refractivity contribution >= 4 is 22.1 Å². The van der Waals surface area contributed by atoms with Gasteiger partial charge in [-0.2, -0.15) is 0 Å². The van der Waals surface area contributed by atoms with Gasteiger partial charge >= 0.3 is 0 Å². The van der Waals surface area contributed by atoms with Crippen molar-refractivity contribution in [3.63, 3.8) is 0 Å². The summed E-state index contributed by atoms with van der Waals surface area (Å²) in [5, 5.41) is 20.5. The van der Waals surface area contributed by atoms with E-state index in [1.807, 2.05) is 9.59 Å². The monoisotopic (exact) mass is 654 g/mol. The first-order valence-corrected chi connectivity index (χ1v) is 17.6. The van der Waals surface area contributed by atoms with Gasteiger partial charge in [-0.3, -0.25) is 0 Å². The fraction of sp³-hybridized carbons (Fsp3) is 0.442. The Bertz CT molecular complexity index is 2090. The Morgan fingerprint density at radius 3 is 0.694 bits per heavy atom. The van der Waals surface area contributed by atoms with E-state index in [9.17, 15) is 0 Å². The lowest BCUT2D eigenvalue weighted by atomic mass is 9.68. The van der Waals surface area contributed by atoms with Gasteiger partial charge in [0.15, 0.2) is 0 Å². The summed E-state index contributed by atoms with van der Waals surface area (Å²) in [5.74, 6) is 0. The topological polar surface area (TPSA) is 61.4 Å². The summed E-state index contributed by atoms with van der Waals surface area (Å²) in [6.45, 7) is 40.3. The van der Waals surface area contributed by atoms with E-state index in [0.29, 0.717) is 0 Å². The summed E-state index contributed by atoms with van der Waals surface area (Å²) in [6.07, 6.45) is 0. The fourth-order valence-electron chi connectivity index (χ4n) is 8.84. The van der Waals surface area contributed by atoms with Gasteiger partial charge in [-0.05, 0) is 211 Å². The molecule has 4 aromatic carbocycles. The largest absolute Gasteiger partial charge is 0.150 e. The predicted octanol–water partition coefficient (Wildman–Crippen LogP) is 10.4. The minimum atomic E-state index is -0.266. The average molecular weight is 655 g/mol. The standard InChI is InChI=1S/C43H54N6/c1-19-20(2)28(10)38-37(27(19)9)44-48(45-38)41-31(13)23(5)35(24(6)32(41)14)43(17,18)36-25(7)33(15)42(34(16)26(36)8)49-46-39-29(11)21(3)22(4)30(12)40(39)47-49/h1-18H3. The lowest BCUT2D eigenvalue weighted by Crippen LogP contribution is -2.27. The molecule has 2 aromatic heterocycles. The number of hydrogen-bond donors (Lipinski definition) is 0. The van der Waals surface area contributed by atoms with Gasteiger partial charge < -0.3 is 0 Å². The molecule has 6 aromatic rings. The van der Waals surface area contributed by atoms with Gasteiger partial charge in [0.2, 0.25) is 0 Å². The summed E-state index contributed by atoms with van der Waals surface area (Å²) < 4.78 is 0. The molecule has 0 bridgehead atoms. The number of rotatable bonds is 4. The maximum absolute atomic E-state index is 5.12. The van der Waals surface area contributed by atoms with Gasteiger partial charge in [-0.15, -0.1) is 30.0 Å². The van der Waals surface area contributed by atoms with Crippen molar-refractivity contribution in [2.75, 3.05) is 0 Å². The molecular formula is C43H54N6. The zero-order chi connectivity index (χ0) is 36.3. The third-order valence-corrected chi connectivity index (χ3v) is 12.8. The smallest absolute Gasteiger partial charge is 0.117 e. The van der Waals surface area contributed by atoms with Crippen LogP contribution in [0.3, 0.4) is 0 Å². The van der Waals surface area contributed by atoms with Crippen LogP contribution in [0.1, 0.15) is 114 Å². The third kappa shape index (κ3) is 4.65. The first-order valence-electron chi connectivity index (χ1n) is 17.6. The van der Waals surface area contributed by atoms with Gasteiger partial charge in [0.1, 0.15) is 22.1 Å². The number of aryl methyl sites for hydroxylation is 4. The van der Waals surface area contributed by atoms with Crippen LogP contribution in [0.4, 0.5) is 0 Å². The van der Waals surface area contributed by atoms with Crippen molar-refractivity contribution in [2.45, 2.75) is 130 Å². The highest BCUT2D eigenvalue weighted by atomic mass is 15.5. The number of aromatic nitrogens is 6. The van der Waals surface area contributed by atoms with Crippen LogP contribution in [0.15, 0.2) is 0 Å². The highest BCUT2D eigenvalue weighted by Crippen LogP contribution is 2.45. The molecule has 0 spiro atoms. The molecule has 6 nitrogen and oxygen atoms in total. The van der Waals surface area contributed by atoms with Crippen molar-refractivity contribution in [1.29, 1.82) is 0 Å². The van der Waals surface area contributed by atoms with E-state index in [1.165, 1.54) is 100 Å². The van der Waals surface area contributed by atoms with Crippen molar-refractivity contribution in [3.8, 4) is 11.4 Å².